The lowest BCUT2D eigenvalue weighted by atomic mass is 10.1. The van der Waals surface area contributed by atoms with Gasteiger partial charge < -0.3 is 19.7 Å². The van der Waals surface area contributed by atoms with Gasteiger partial charge in [-0.3, -0.25) is 20.2 Å². The third-order valence-corrected chi connectivity index (χ3v) is 7.64. The second-order valence-corrected chi connectivity index (χ2v) is 12.4. The van der Waals surface area contributed by atoms with Gasteiger partial charge in [0.05, 0.1) is 5.69 Å². The lowest BCUT2D eigenvalue weighted by Crippen LogP contribution is -2.27. The van der Waals surface area contributed by atoms with Gasteiger partial charge in [0, 0.05) is 23.0 Å². The lowest BCUT2D eigenvalue weighted by Gasteiger charge is -2.18. The van der Waals surface area contributed by atoms with Crippen molar-refractivity contribution < 1.29 is 29.0 Å². The van der Waals surface area contributed by atoms with E-state index in [-0.39, 0.29) is 39.2 Å². The van der Waals surface area contributed by atoms with Gasteiger partial charge in [-0.25, -0.2) is 19.6 Å². The number of hydrogen-bond donors (Lipinski definition) is 4. The van der Waals surface area contributed by atoms with Gasteiger partial charge in [0.25, 0.3) is 11.8 Å². The van der Waals surface area contributed by atoms with Crippen LogP contribution >= 0.6 is 22.7 Å². The minimum Gasteiger partial charge on any atom is -0.476 e. The number of carboxylic acid groups (broad SMARTS) is 1. The molecule has 3 rings (SSSR count). The van der Waals surface area contributed by atoms with Crippen molar-refractivity contribution in [3.05, 3.63) is 39.1 Å². The molecular weight excluding hydrogens is 544 g/mol. The standard InChI is InChI=1S/C25H32N6O6S2/c1-11(2)17-15(27-23(38-17)30-24(36)37-25(5,6)7)20(33)26-13-9-14(31(8)10-13)19(32)29-22-28-16(21(34)35)18(39-22)12(3)4/h9-12H,1-8H3,(H,26,33)(H,34,35)(H,27,30,36)(H,28,29,32). The van der Waals surface area contributed by atoms with Crippen LogP contribution in [0.5, 0.6) is 0 Å². The van der Waals surface area contributed by atoms with Crippen LogP contribution in [0.25, 0.3) is 0 Å². The van der Waals surface area contributed by atoms with Crippen LogP contribution in [-0.4, -0.2) is 49.1 Å². The Labute approximate surface area is 233 Å². The van der Waals surface area contributed by atoms with Gasteiger partial charge in [0.2, 0.25) is 0 Å². The third-order valence-electron chi connectivity index (χ3n) is 5.10. The van der Waals surface area contributed by atoms with Crippen molar-refractivity contribution in [2.75, 3.05) is 16.0 Å². The number of aromatic carboxylic acids is 1. The molecule has 3 heterocycles. The van der Waals surface area contributed by atoms with E-state index < -0.39 is 29.5 Å². The van der Waals surface area contributed by atoms with E-state index in [0.717, 1.165) is 11.3 Å². The maximum absolute atomic E-state index is 13.1. The van der Waals surface area contributed by atoms with E-state index in [4.69, 9.17) is 4.74 Å². The minimum absolute atomic E-state index is 0.0423. The summed E-state index contributed by atoms with van der Waals surface area (Å²) in [6.07, 6.45) is 0.895. The molecule has 0 saturated heterocycles. The van der Waals surface area contributed by atoms with Crippen LogP contribution in [0.3, 0.4) is 0 Å². The minimum atomic E-state index is -1.16. The Morgan fingerprint density at radius 3 is 1.95 bits per heavy atom. The highest BCUT2D eigenvalue weighted by atomic mass is 32.1. The number of carbonyl (C=O) groups excluding carboxylic acids is 3. The lowest BCUT2D eigenvalue weighted by molar-refractivity contribution is 0.0633. The molecule has 3 aromatic rings. The molecule has 4 N–H and O–H groups in total. The van der Waals surface area contributed by atoms with Crippen LogP contribution in [0.2, 0.25) is 0 Å². The molecule has 0 unspecified atom stereocenters. The van der Waals surface area contributed by atoms with Crippen LogP contribution in [0.1, 0.15) is 102 Å². The van der Waals surface area contributed by atoms with E-state index in [0.29, 0.717) is 15.4 Å². The van der Waals surface area contributed by atoms with Crippen molar-refractivity contribution in [1.82, 2.24) is 14.5 Å². The molecule has 0 atom stereocenters. The SMILES string of the molecule is CC(C)c1sc(NC(=O)c2cc(NC(=O)c3nc(NC(=O)OC(C)(C)C)sc3C(C)C)cn2C)nc1C(=O)O. The maximum Gasteiger partial charge on any atom is 0.413 e. The number of anilines is 3. The number of nitrogens with one attached hydrogen (secondary N) is 3. The first-order valence-corrected chi connectivity index (χ1v) is 13.7. The predicted octanol–water partition coefficient (Wildman–Crippen LogP) is 5.73. The monoisotopic (exact) mass is 576 g/mol. The van der Waals surface area contributed by atoms with E-state index in [1.807, 2.05) is 27.7 Å². The first kappa shape index (κ1) is 29.8. The van der Waals surface area contributed by atoms with Crippen molar-refractivity contribution in [1.29, 1.82) is 0 Å². The molecular formula is C25H32N6O6S2. The molecule has 0 spiro atoms. The summed E-state index contributed by atoms with van der Waals surface area (Å²) in [5, 5.41) is 17.8. The van der Waals surface area contributed by atoms with E-state index >= 15 is 0 Å². The van der Waals surface area contributed by atoms with E-state index in [1.54, 1.807) is 34.0 Å². The fourth-order valence-electron chi connectivity index (χ4n) is 3.47. The van der Waals surface area contributed by atoms with Crippen molar-refractivity contribution in [3.63, 3.8) is 0 Å². The first-order valence-electron chi connectivity index (χ1n) is 12.1. The molecule has 0 saturated carbocycles. The summed E-state index contributed by atoms with van der Waals surface area (Å²) in [6.45, 7) is 12.7. The van der Waals surface area contributed by atoms with Gasteiger partial charge in [-0.2, -0.15) is 0 Å². The molecule has 12 nitrogen and oxygen atoms in total. The number of hydrogen-bond acceptors (Lipinski definition) is 9. The second-order valence-electron chi connectivity index (χ2n) is 10.3. The quantitative estimate of drug-likeness (QED) is 0.264. The zero-order valence-corrected chi connectivity index (χ0v) is 24.6. The van der Waals surface area contributed by atoms with Gasteiger partial charge in [-0.05, 0) is 38.7 Å². The first-order chi connectivity index (χ1) is 18.1. The van der Waals surface area contributed by atoms with Crippen LogP contribution in [0, 0.1) is 0 Å². The average molecular weight is 577 g/mol. The van der Waals surface area contributed by atoms with E-state index in [9.17, 15) is 24.3 Å². The predicted molar refractivity (Wildman–Crippen MR) is 151 cm³/mol. The highest BCUT2D eigenvalue weighted by Gasteiger charge is 2.25. The molecule has 0 aliphatic rings. The highest BCUT2D eigenvalue weighted by molar-refractivity contribution is 7.16. The highest BCUT2D eigenvalue weighted by Crippen LogP contribution is 2.32. The Balaban J connectivity index is 1.77. The van der Waals surface area contributed by atoms with Crippen LogP contribution in [0.15, 0.2) is 12.3 Å². The number of carboxylic acids is 1. The molecule has 0 fully saturated rings. The molecule has 0 radical (unpaired) electrons. The van der Waals surface area contributed by atoms with Crippen molar-refractivity contribution >= 4 is 62.5 Å². The number of aryl methyl sites for hydroxylation is 1. The Bertz CT molecular complexity index is 1410. The van der Waals surface area contributed by atoms with Gasteiger partial charge in [0.15, 0.2) is 16.0 Å². The smallest absolute Gasteiger partial charge is 0.413 e. The maximum atomic E-state index is 13.1. The van der Waals surface area contributed by atoms with Crippen molar-refractivity contribution in [2.45, 2.75) is 65.9 Å². The Morgan fingerprint density at radius 2 is 1.44 bits per heavy atom. The normalized spacial score (nSPS) is 11.5. The summed E-state index contributed by atoms with van der Waals surface area (Å²) >= 11 is 2.29. The molecule has 0 bridgehead atoms. The van der Waals surface area contributed by atoms with Gasteiger partial charge in [0.1, 0.15) is 17.0 Å². The fraction of sp³-hybridized carbons (Fsp3) is 0.440. The summed E-state index contributed by atoms with van der Waals surface area (Å²) in [5.41, 5.74) is -0.0477. The topological polar surface area (TPSA) is 165 Å². The molecule has 14 heteroatoms. The van der Waals surface area contributed by atoms with Crippen LogP contribution in [0.4, 0.5) is 20.7 Å². The Kier molecular flexibility index (Phi) is 8.80. The van der Waals surface area contributed by atoms with Gasteiger partial charge in [-0.15, -0.1) is 22.7 Å². The molecule has 3 aromatic heterocycles. The zero-order chi connectivity index (χ0) is 29.2. The van der Waals surface area contributed by atoms with E-state index in [2.05, 4.69) is 25.9 Å². The summed E-state index contributed by atoms with van der Waals surface area (Å²) in [4.78, 5) is 59.3. The number of carbonyl (C=O) groups is 4. The summed E-state index contributed by atoms with van der Waals surface area (Å²) < 4.78 is 6.79. The van der Waals surface area contributed by atoms with Crippen LogP contribution < -0.4 is 16.0 Å². The van der Waals surface area contributed by atoms with Gasteiger partial charge in [-0.1, -0.05) is 27.7 Å². The van der Waals surface area contributed by atoms with Gasteiger partial charge >= 0.3 is 12.1 Å². The number of aromatic nitrogens is 3. The Morgan fingerprint density at radius 1 is 0.897 bits per heavy atom. The summed E-state index contributed by atoms with van der Waals surface area (Å²) in [5.74, 6) is -2.29. The molecule has 0 aliphatic heterocycles. The largest absolute Gasteiger partial charge is 0.476 e. The van der Waals surface area contributed by atoms with Crippen molar-refractivity contribution in [2.24, 2.45) is 7.05 Å². The number of thiazole rings is 2. The number of nitrogens with zero attached hydrogens (tertiary/aromatic N) is 3. The van der Waals surface area contributed by atoms with Crippen LogP contribution in [-0.2, 0) is 11.8 Å². The number of rotatable bonds is 8. The molecule has 210 valence electrons. The number of amides is 3. The second kappa shape index (κ2) is 11.5. The zero-order valence-electron chi connectivity index (χ0n) is 23.0. The molecule has 3 amide bonds. The fourth-order valence-corrected chi connectivity index (χ4v) is 5.37. The molecule has 39 heavy (non-hydrogen) atoms. The molecule has 0 aromatic carbocycles. The summed E-state index contributed by atoms with van der Waals surface area (Å²) in [7, 11) is 1.64. The Hall–Kier alpha value is -3.78. The van der Waals surface area contributed by atoms with Crippen molar-refractivity contribution in [3.8, 4) is 0 Å². The summed E-state index contributed by atoms with van der Waals surface area (Å²) in [6, 6.07) is 1.49. The van der Waals surface area contributed by atoms with E-state index in [1.165, 1.54) is 22.0 Å². The third kappa shape index (κ3) is 7.41. The molecule has 0 aliphatic carbocycles. The number of ether oxygens (including phenoxy) is 1. The average Bonchev–Trinajstić information content (AvgIpc) is 3.49.